The molecule has 0 unspecified atom stereocenters. The molecule has 20 heteroatoms. The molecule has 3 aromatic carbocycles. The number of fused-ring (bicyclic) bond motifs is 8. The van der Waals surface area contributed by atoms with Crippen LogP contribution in [0.25, 0.3) is 46.4 Å². The Labute approximate surface area is 564 Å². The van der Waals surface area contributed by atoms with Crippen molar-refractivity contribution in [2.75, 3.05) is 0 Å². The van der Waals surface area contributed by atoms with Crippen molar-refractivity contribution >= 4 is 76.7 Å². The fourth-order valence-corrected chi connectivity index (χ4v) is 10.9. The minimum atomic E-state index is -4.27. The van der Waals surface area contributed by atoms with E-state index in [1.54, 1.807) is 36.4 Å². The van der Waals surface area contributed by atoms with Crippen LogP contribution in [0.3, 0.4) is 0 Å². The summed E-state index contributed by atoms with van der Waals surface area (Å²) in [6.45, 7) is 7.72. The number of benzene rings is 3. The van der Waals surface area contributed by atoms with Crippen molar-refractivity contribution in [3.8, 4) is 35.5 Å². The van der Waals surface area contributed by atoms with E-state index in [1.807, 2.05) is 153 Å². The van der Waals surface area contributed by atoms with Crippen LogP contribution in [0.1, 0.15) is 131 Å². The Morgan fingerprint density at radius 3 is 1.00 bits per heavy atom. The predicted octanol–water partition coefficient (Wildman–Crippen LogP) is 10.6. The average molecular weight is 1360 g/mol. The first-order valence-corrected chi connectivity index (χ1v) is 34.2. The Morgan fingerprint density at radius 1 is 0.383 bits per heavy atom. The maximum atomic E-state index is 10.4. The van der Waals surface area contributed by atoms with E-state index in [0.29, 0.717) is 16.6 Å². The molecule has 16 nitrogen and oxygen atoms in total. The zero-order valence-electron chi connectivity index (χ0n) is 53.4. The zero-order chi connectivity index (χ0) is 66.7. The number of hydrogen-bond donors (Lipinski definition) is 0. The summed E-state index contributed by atoms with van der Waals surface area (Å²) in [5.74, 6) is 20.7. The summed E-state index contributed by atoms with van der Waals surface area (Å²) in [5.41, 5.74) is 14.9. The molecule has 6 aromatic heterocycles. The van der Waals surface area contributed by atoms with Crippen molar-refractivity contribution in [2.24, 2.45) is 21.1 Å². The van der Waals surface area contributed by atoms with Crippen LogP contribution in [-0.4, -0.2) is 48.9 Å². The maximum Gasteiger partial charge on any atom is 2.00 e. The number of nitrogens with zero attached hydrogens (tertiary/aromatic N) is 7. The number of aromatic nitrogens is 7. The van der Waals surface area contributed by atoms with Gasteiger partial charge in [0.15, 0.2) is 18.6 Å². The van der Waals surface area contributed by atoms with Gasteiger partial charge in [0.2, 0.25) is 0 Å². The fraction of sp³-hybridized carbons (Fsp3) is 0.203. The van der Waals surface area contributed by atoms with Gasteiger partial charge in [0.05, 0.1) is 37.5 Å². The topological polar surface area (TPSA) is 237 Å². The quantitative estimate of drug-likeness (QED) is 0.0385. The molecule has 0 saturated heterocycles. The van der Waals surface area contributed by atoms with Crippen LogP contribution in [-0.2, 0) is 77.4 Å². The third-order valence-corrected chi connectivity index (χ3v) is 17.3. The van der Waals surface area contributed by atoms with Crippen LogP contribution in [0.5, 0.6) is 0 Å². The molecule has 0 N–H and O–H groups in total. The third-order valence-electron chi connectivity index (χ3n) is 14.8. The molecule has 0 aliphatic carbocycles. The van der Waals surface area contributed by atoms with Crippen molar-refractivity contribution in [3.05, 3.63) is 249 Å². The summed E-state index contributed by atoms with van der Waals surface area (Å²) in [4.78, 5) is 20.6. The summed E-state index contributed by atoms with van der Waals surface area (Å²) < 4.78 is 99.5. The molecule has 2 aliphatic heterocycles. The van der Waals surface area contributed by atoms with E-state index < -0.39 is 30.4 Å². The average Bonchev–Trinajstić information content (AvgIpc) is 1.65. The van der Waals surface area contributed by atoms with E-state index in [-0.39, 0.29) is 34.2 Å². The summed E-state index contributed by atoms with van der Waals surface area (Å²) >= 11 is 0. The van der Waals surface area contributed by atoms with Gasteiger partial charge in [-0.2, -0.15) is 13.7 Å². The van der Waals surface area contributed by atoms with Crippen molar-refractivity contribution in [3.63, 3.8) is 0 Å². The number of aryl methyl sites for hydroxylation is 6. The molecule has 0 fully saturated rings. The minimum absolute atomic E-state index is 0. The molecule has 11 rings (SSSR count). The van der Waals surface area contributed by atoms with Crippen LogP contribution in [0.2, 0.25) is 0 Å². The number of pyridine rings is 3. The maximum absolute atomic E-state index is 10.4. The Balaban J connectivity index is 0.000000296. The van der Waals surface area contributed by atoms with Crippen molar-refractivity contribution in [2.45, 2.75) is 93.7 Å². The van der Waals surface area contributed by atoms with E-state index >= 15 is 0 Å². The van der Waals surface area contributed by atoms with Crippen LogP contribution in [0.15, 0.2) is 185 Å². The first-order chi connectivity index (χ1) is 44.4. The monoisotopic (exact) mass is 1360 g/mol. The standard InChI is InChI=1S/C53H48N7.3C7H8O3S.Zn/c1-5-6-7-8-9-10-11-21-42-46-28-30-48(54-46)43(25-22-39-18-12-15-36-58(39)2)50-32-34-52(56-50)45(27-24-41-20-14-17-38-60(41)4)53-35-33-51(57-53)44(49-31-29-47(42)55-49)26-23-40-19-13-16-37-59(40)3;3*1-6-2-4-7(5-3-6)11(8,9)10;/h12-20,28-38H,5-11,21H2,1-4H3;3*2-5H,1H3,(H,8,9,10);/q+1;;;;+2/p-3. The van der Waals surface area contributed by atoms with Gasteiger partial charge in [0.1, 0.15) is 51.5 Å². The molecule has 8 bridgehead atoms. The second-order valence-corrected chi connectivity index (χ2v) is 26.1. The van der Waals surface area contributed by atoms with E-state index in [9.17, 15) is 38.9 Å². The van der Waals surface area contributed by atoms with Gasteiger partial charge in [0, 0.05) is 70.8 Å². The summed E-state index contributed by atoms with van der Waals surface area (Å²) in [6.07, 6.45) is 23.8. The molecular formula is C74H69N7O9S3Zn. The zero-order valence-corrected chi connectivity index (χ0v) is 58.8. The molecule has 0 atom stereocenters. The van der Waals surface area contributed by atoms with Crippen LogP contribution in [0, 0.1) is 56.3 Å². The Kier molecular flexibility index (Phi) is 25.8. The Hall–Kier alpha value is -9.26. The Morgan fingerprint density at radius 2 is 0.681 bits per heavy atom. The molecule has 94 heavy (non-hydrogen) atoms. The first kappa shape index (κ1) is 72.2. The number of hydrogen-bond acceptors (Lipinski definition) is 11. The van der Waals surface area contributed by atoms with Gasteiger partial charge >= 0.3 is 19.5 Å². The normalized spacial score (nSPS) is 11.3. The van der Waals surface area contributed by atoms with Crippen LogP contribution in [0.4, 0.5) is 0 Å². The third kappa shape index (κ3) is 20.6. The second kappa shape index (κ2) is 33.5. The fourth-order valence-electron chi connectivity index (χ4n) is 9.50. The van der Waals surface area contributed by atoms with Gasteiger partial charge in [-0.15, -0.1) is 22.1 Å². The van der Waals surface area contributed by atoms with E-state index in [4.69, 9.17) is 19.9 Å². The molecule has 0 radical (unpaired) electrons. The summed E-state index contributed by atoms with van der Waals surface area (Å²) in [6, 6.07) is 43.4. The van der Waals surface area contributed by atoms with E-state index in [1.165, 1.54) is 68.5 Å². The SMILES string of the molecule is CCCCCCCCCc1c2nc(c(C#Cc3cccc[n+]3C)c3ccc([n-]3)c(C#Cc3cccc[n+]3C)c3ccc([n-]3)c(C#Cc3cccc[n+]3C)c3nc1C=C3)C=C2.Cc1ccc(S(=O)(=O)[O-])cc1.Cc1ccc(S(=O)(=O)[O-])cc1.Cc1ccc(S(=O)(=O)[O-])cc1.[Zn+2]. The number of unbranched alkanes of at least 4 members (excludes halogenated alkanes) is 6. The molecule has 474 valence electrons. The smallest absolute Gasteiger partial charge is 0.744 e. The predicted molar refractivity (Wildman–Crippen MR) is 357 cm³/mol. The summed E-state index contributed by atoms with van der Waals surface area (Å²) in [7, 11) is -6.82. The largest absolute Gasteiger partial charge is 2.00 e. The van der Waals surface area contributed by atoms with Gasteiger partial charge in [0.25, 0.3) is 17.1 Å². The molecule has 9 aromatic rings. The van der Waals surface area contributed by atoms with E-state index in [2.05, 4.69) is 66.8 Å². The molecule has 0 spiro atoms. The van der Waals surface area contributed by atoms with Gasteiger partial charge in [-0.3, -0.25) is 0 Å². The molecular weight excluding hydrogens is 1290 g/mol. The van der Waals surface area contributed by atoms with Crippen molar-refractivity contribution in [1.82, 2.24) is 19.9 Å². The minimum Gasteiger partial charge on any atom is -0.744 e. The number of rotatable bonds is 11. The molecule has 0 saturated carbocycles. The molecule has 0 amide bonds. The van der Waals surface area contributed by atoms with Crippen LogP contribution < -0.4 is 23.7 Å². The van der Waals surface area contributed by atoms with Gasteiger partial charge in [-0.1, -0.05) is 141 Å². The molecule has 2 aliphatic rings. The Bertz CT molecular complexity index is 4660. The van der Waals surface area contributed by atoms with Crippen molar-refractivity contribution in [1.29, 1.82) is 0 Å². The van der Waals surface area contributed by atoms with Gasteiger partial charge in [-0.25, -0.2) is 35.2 Å². The molecule has 8 heterocycles. The summed E-state index contributed by atoms with van der Waals surface area (Å²) in [5, 5.41) is 0. The van der Waals surface area contributed by atoms with Crippen LogP contribution >= 0.6 is 0 Å². The van der Waals surface area contributed by atoms with Gasteiger partial charge in [-0.05, 0) is 118 Å². The van der Waals surface area contributed by atoms with Gasteiger partial charge < -0.3 is 23.6 Å². The van der Waals surface area contributed by atoms with E-state index in [0.717, 1.165) is 104 Å². The van der Waals surface area contributed by atoms with Crippen molar-refractivity contribution < 1.29 is 72.1 Å². The second-order valence-electron chi connectivity index (χ2n) is 22.0. The first-order valence-electron chi connectivity index (χ1n) is 30.0.